The van der Waals surface area contributed by atoms with E-state index in [1.54, 1.807) is 49.5 Å². The van der Waals surface area contributed by atoms with Crippen LogP contribution < -0.4 is 10.6 Å². The van der Waals surface area contributed by atoms with Gasteiger partial charge in [-0.1, -0.05) is 12.1 Å². The molecular formula is C22H21N3O3. The van der Waals surface area contributed by atoms with Crippen molar-refractivity contribution in [3.05, 3.63) is 83.7 Å². The van der Waals surface area contributed by atoms with E-state index in [0.29, 0.717) is 23.6 Å². The van der Waals surface area contributed by atoms with Crippen LogP contribution in [0.3, 0.4) is 0 Å². The number of aromatic nitrogens is 1. The second-order valence-electron chi connectivity index (χ2n) is 6.18. The Hall–Kier alpha value is -3.67. The van der Waals surface area contributed by atoms with E-state index in [2.05, 4.69) is 15.6 Å². The first-order valence-corrected chi connectivity index (χ1v) is 8.93. The van der Waals surface area contributed by atoms with Gasteiger partial charge in [0.25, 0.3) is 5.91 Å². The molecule has 0 saturated carbocycles. The van der Waals surface area contributed by atoms with E-state index in [1.165, 1.54) is 0 Å². The Morgan fingerprint density at radius 1 is 0.964 bits per heavy atom. The van der Waals surface area contributed by atoms with E-state index in [-0.39, 0.29) is 5.91 Å². The number of hydrogen-bond donors (Lipinski definition) is 2. The van der Waals surface area contributed by atoms with Crippen molar-refractivity contribution in [3.8, 4) is 0 Å². The van der Waals surface area contributed by atoms with Crippen LogP contribution >= 0.6 is 0 Å². The molecule has 0 spiro atoms. The summed E-state index contributed by atoms with van der Waals surface area (Å²) >= 11 is 0. The smallest absolute Gasteiger partial charge is 0.338 e. The monoisotopic (exact) mass is 375 g/mol. The Morgan fingerprint density at radius 3 is 2.36 bits per heavy atom. The summed E-state index contributed by atoms with van der Waals surface area (Å²) in [7, 11) is 0. The van der Waals surface area contributed by atoms with E-state index in [0.717, 1.165) is 16.9 Å². The lowest BCUT2D eigenvalue weighted by Crippen LogP contribution is -2.14. The third kappa shape index (κ3) is 4.94. The Bertz CT molecular complexity index is 967. The predicted octanol–water partition coefficient (Wildman–Crippen LogP) is 4.56. The van der Waals surface area contributed by atoms with Crippen molar-refractivity contribution in [1.82, 2.24) is 4.98 Å². The molecule has 0 radical (unpaired) electrons. The normalized spacial score (nSPS) is 10.2. The summed E-state index contributed by atoms with van der Waals surface area (Å²) in [6, 6.07) is 18.0. The van der Waals surface area contributed by atoms with Crippen molar-refractivity contribution in [2.75, 3.05) is 17.2 Å². The number of hydrogen-bond acceptors (Lipinski definition) is 5. The van der Waals surface area contributed by atoms with Crippen LogP contribution in [0.4, 0.5) is 17.1 Å². The molecule has 0 fully saturated rings. The van der Waals surface area contributed by atoms with Crippen molar-refractivity contribution in [2.24, 2.45) is 0 Å². The summed E-state index contributed by atoms with van der Waals surface area (Å²) in [6.45, 7) is 4.09. The van der Waals surface area contributed by atoms with Gasteiger partial charge in [0, 0.05) is 11.4 Å². The molecule has 2 aromatic carbocycles. The van der Waals surface area contributed by atoms with E-state index in [9.17, 15) is 9.59 Å². The number of nitrogens with one attached hydrogen (secondary N) is 2. The van der Waals surface area contributed by atoms with Gasteiger partial charge < -0.3 is 15.4 Å². The number of anilines is 3. The molecule has 1 amide bonds. The molecule has 0 aliphatic heterocycles. The van der Waals surface area contributed by atoms with Gasteiger partial charge in [0.15, 0.2) is 0 Å². The summed E-state index contributed by atoms with van der Waals surface area (Å²) < 4.78 is 4.94. The minimum absolute atomic E-state index is 0.296. The zero-order valence-electron chi connectivity index (χ0n) is 15.7. The Labute approximate surface area is 163 Å². The molecule has 1 heterocycles. The van der Waals surface area contributed by atoms with Crippen LogP contribution in [0.5, 0.6) is 0 Å². The number of carbonyl (C=O) groups is 2. The SMILES string of the molecule is CCOC(=O)c1ccc(NC(=O)c2ccc(Nc3cccc(C)c3)cn2)cc1. The molecule has 3 rings (SSSR count). The number of nitrogens with zero attached hydrogens (tertiary/aromatic N) is 1. The molecule has 0 unspecified atom stereocenters. The number of esters is 1. The molecular weight excluding hydrogens is 354 g/mol. The Balaban J connectivity index is 1.62. The summed E-state index contributed by atoms with van der Waals surface area (Å²) in [4.78, 5) is 28.2. The van der Waals surface area contributed by atoms with Crippen LogP contribution in [0, 0.1) is 6.92 Å². The van der Waals surface area contributed by atoms with Crippen molar-refractivity contribution in [2.45, 2.75) is 13.8 Å². The summed E-state index contributed by atoms with van der Waals surface area (Å²) in [5.74, 6) is -0.718. The molecule has 6 heteroatoms. The zero-order valence-corrected chi connectivity index (χ0v) is 15.7. The third-order valence-electron chi connectivity index (χ3n) is 3.96. The maximum absolute atomic E-state index is 12.4. The lowest BCUT2D eigenvalue weighted by molar-refractivity contribution is 0.0526. The molecule has 3 aromatic rings. The minimum atomic E-state index is -0.390. The molecule has 0 aliphatic rings. The number of ether oxygens (including phenoxy) is 1. The first-order chi connectivity index (χ1) is 13.5. The quantitative estimate of drug-likeness (QED) is 0.617. The highest BCUT2D eigenvalue weighted by Crippen LogP contribution is 2.17. The van der Waals surface area contributed by atoms with E-state index in [1.807, 2.05) is 31.2 Å². The molecule has 28 heavy (non-hydrogen) atoms. The summed E-state index contributed by atoms with van der Waals surface area (Å²) in [5, 5.41) is 6.01. The largest absolute Gasteiger partial charge is 0.462 e. The molecule has 6 nitrogen and oxygen atoms in total. The number of aryl methyl sites for hydroxylation is 1. The molecule has 0 atom stereocenters. The highest BCUT2D eigenvalue weighted by atomic mass is 16.5. The van der Waals surface area contributed by atoms with Crippen molar-refractivity contribution >= 4 is 28.9 Å². The highest BCUT2D eigenvalue weighted by molar-refractivity contribution is 6.03. The fourth-order valence-corrected chi connectivity index (χ4v) is 2.59. The molecule has 0 saturated heterocycles. The average Bonchev–Trinajstić information content (AvgIpc) is 2.69. The van der Waals surface area contributed by atoms with Crippen LogP contribution in [0.2, 0.25) is 0 Å². The van der Waals surface area contributed by atoms with Crippen LogP contribution in [0.15, 0.2) is 66.9 Å². The van der Waals surface area contributed by atoms with Gasteiger partial charge in [0.05, 0.1) is 24.1 Å². The number of pyridine rings is 1. The second-order valence-corrected chi connectivity index (χ2v) is 6.18. The fourth-order valence-electron chi connectivity index (χ4n) is 2.59. The third-order valence-corrected chi connectivity index (χ3v) is 3.96. The van der Waals surface area contributed by atoms with Gasteiger partial charge in [0.1, 0.15) is 5.69 Å². The first-order valence-electron chi connectivity index (χ1n) is 8.93. The zero-order chi connectivity index (χ0) is 19.9. The summed E-state index contributed by atoms with van der Waals surface area (Å²) in [6.07, 6.45) is 1.61. The number of rotatable bonds is 6. The molecule has 0 aliphatic carbocycles. The van der Waals surface area contributed by atoms with Crippen LogP contribution in [0.1, 0.15) is 33.3 Å². The van der Waals surface area contributed by atoms with Gasteiger partial charge in [-0.2, -0.15) is 0 Å². The van der Waals surface area contributed by atoms with Crippen LogP contribution in [0.25, 0.3) is 0 Å². The van der Waals surface area contributed by atoms with Crippen LogP contribution in [-0.2, 0) is 4.74 Å². The van der Waals surface area contributed by atoms with Gasteiger partial charge in [-0.15, -0.1) is 0 Å². The van der Waals surface area contributed by atoms with E-state index in [4.69, 9.17) is 4.74 Å². The molecule has 1 aromatic heterocycles. The van der Waals surface area contributed by atoms with Gasteiger partial charge >= 0.3 is 5.97 Å². The molecule has 2 N–H and O–H groups in total. The van der Waals surface area contributed by atoms with E-state index >= 15 is 0 Å². The maximum atomic E-state index is 12.4. The van der Waals surface area contributed by atoms with Gasteiger partial charge in [0.2, 0.25) is 0 Å². The predicted molar refractivity (Wildman–Crippen MR) is 109 cm³/mol. The lowest BCUT2D eigenvalue weighted by atomic mass is 10.2. The van der Waals surface area contributed by atoms with Gasteiger partial charge in [-0.25, -0.2) is 9.78 Å². The van der Waals surface area contributed by atoms with E-state index < -0.39 is 5.97 Å². The molecule has 0 bridgehead atoms. The Morgan fingerprint density at radius 2 is 1.71 bits per heavy atom. The highest BCUT2D eigenvalue weighted by Gasteiger charge is 2.10. The Kier molecular flexibility index (Phi) is 6.01. The van der Waals surface area contributed by atoms with Crippen molar-refractivity contribution < 1.29 is 14.3 Å². The first kappa shape index (κ1) is 19.1. The van der Waals surface area contributed by atoms with Crippen molar-refractivity contribution in [3.63, 3.8) is 0 Å². The minimum Gasteiger partial charge on any atom is -0.462 e. The summed E-state index contributed by atoms with van der Waals surface area (Å²) in [5.41, 5.74) is 4.21. The van der Waals surface area contributed by atoms with Crippen LogP contribution in [-0.4, -0.2) is 23.5 Å². The number of carbonyl (C=O) groups excluding carboxylic acids is 2. The maximum Gasteiger partial charge on any atom is 0.338 e. The second kappa shape index (κ2) is 8.81. The number of amides is 1. The standard InChI is InChI=1S/C22H21N3O3/c1-3-28-22(27)16-7-9-17(10-8-16)25-21(26)20-12-11-19(14-23-20)24-18-6-4-5-15(2)13-18/h4-14,24H,3H2,1-2H3,(H,25,26). The van der Waals surface area contributed by atoms with Gasteiger partial charge in [-0.3, -0.25) is 4.79 Å². The lowest BCUT2D eigenvalue weighted by Gasteiger charge is -2.09. The van der Waals surface area contributed by atoms with Gasteiger partial charge in [-0.05, 0) is 67.9 Å². The van der Waals surface area contributed by atoms with Crippen molar-refractivity contribution in [1.29, 1.82) is 0 Å². The number of benzene rings is 2. The average molecular weight is 375 g/mol. The fraction of sp³-hybridized carbons (Fsp3) is 0.136. The molecule has 142 valence electrons. The topological polar surface area (TPSA) is 80.3 Å².